The second-order valence-electron chi connectivity index (χ2n) is 13.4. The topological polar surface area (TPSA) is 15.7 Å². The fraction of sp³-hybridized carbons (Fsp3) is 0. The first-order valence-corrected chi connectivity index (χ1v) is 19.4. The van der Waals surface area contributed by atoms with Crippen LogP contribution in [-0.4, -0.2) is 0 Å². The Labute approximate surface area is 314 Å². The maximum absolute atomic E-state index is 6.75. The first-order valence-electron chi connectivity index (χ1n) is 17.7. The minimum atomic E-state index is 0.812. The molecular weight excluding hydrogens is 685 g/mol. The van der Waals surface area contributed by atoms with Crippen LogP contribution in [0.4, 0.5) is 34.1 Å². The molecule has 3 nitrogen and oxygen atoms in total. The fourth-order valence-corrected chi connectivity index (χ4v) is 10.0. The van der Waals surface area contributed by atoms with Gasteiger partial charge in [-0.05, 0) is 83.9 Å². The number of benzene rings is 8. The summed E-state index contributed by atoms with van der Waals surface area (Å²) in [6.45, 7) is 0. The van der Waals surface area contributed by atoms with E-state index >= 15 is 0 Å². The lowest BCUT2D eigenvalue weighted by atomic mass is 10.0. The molecule has 0 fully saturated rings. The van der Waals surface area contributed by atoms with Crippen LogP contribution in [-0.2, 0) is 0 Å². The van der Waals surface area contributed by atoms with E-state index in [0.717, 1.165) is 45.6 Å². The third-order valence-electron chi connectivity index (χ3n) is 10.2. The van der Waals surface area contributed by atoms with Crippen LogP contribution in [0.2, 0.25) is 0 Å². The van der Waals surface area contributed by atoms with E-state index in [1.807, 2.05) is 28.7 Å². The van der Waals surface area contributed by atoms with Gasteiger partial charge in [-0.15, -0.1) is 22.7 Å². The van der Waals surface area contributed by atoms with Crippen molar-refractivity contribution in [3.63, 3.8) is 0 Å². The van der Waals surface area contributed by atoms with Crippen LogP contribution in [0.1, 0.15) is 0 Å². The van der Waals surface area contributed by atoms with Gasteiger partial charge >= 0.3 is 0 Å². The molecule has 1 aliphatic heterocycles. The van der Waals surface area contributed by atoms with Crippen molar-refractivity contribution >= 4 is 97.1 Å². The van der Waals surface area contributed by atoms with E-state index in [9.17, 15) is 0 Å². The number of hydrogen-bond acceptors (Lipinski definition) is 5. The Balaban J connectivity index is 1.06. The van der Waals surface area contributed by atoms with Gasteiger partial charge in [0.2, 0.25) is 0 Å². The van der Waals surface area contributed by atoms with Crippen molar-refractivity contribution in [2.75, 3.05) is 9.80 Å². The summed E-state index contributed by atoms with van der Waals surface area (Å²) in [5.74, 6) is 1.64. The minimum absolute atomic E-state index is 0.812. The highest BCUT2D eigenvalue weighted by molar-refractivity contribution is 7.26. The first-order chi connectivity index (χ1) is 26.2. The average Bonchev–Trinajstić information content (AvgIpc) is 3.78. The molecule has 8 aromatic carbocycles. The van der Waals surface area contributed by atoms with E-state index in [1.54, 1.807) is 0 Å². The summed E-state index contributed by atoms with van der Waals surface area (Å²) < 4.78 is 11.9. The van der Waals surface area contributed by atoms with Crippen molar-refractivity contribution in [1.82, 2.24) is 0 Å². The second kappa shape index (κ2) is 12.1. The number of ether oxygens (including phenoxy) is 1. The normalized spacial score (nSPS) is 12.3. The zero-order chi connectivity index (χ0) is 34.9. The molecule has 53 heavy (non-hydrogen) atoms. The van der Waals surface area contributed by atoms with E-state index < -0.39 is 0 Å². The standard InChI is InChI=1S/C48H30N2OS2/c1-2-10-31(11-3-1)32-18-20-33(21-19-32)49(35-22-25-39-37-12-4-8-16-45(37)52-47(39)29-35)34-24-27-42-44(28-34)51-43-15-7-6-14-41(43)50(42)36-23-26-40-38-13-5-9-17-46(38)53-48(40)30-36/h1-30H. The summed E-state index contributed by atoms with van der Waals surface area (Å²) in [7, 11) is 0. The van der Waals surface area contributed by atoms with Gasteiger partial charge in [-0.3, -0.25) is 0 Å². The molecule has 0 saturated carbocycles. The Kier molecular flexibility index (Phi) is 6.90. The number of anilines is 6. The zero-order valence-electron chi connectivity index (χ0n) is 28.4. The van der Waals surface area contributed by atoms with Crippen LogP contribution in [0.5, 0.6) is 11.5 Å². The maximum Gasteiger partial charge on any atom is 0.153 e. The Hall–Kier alpha value is -6.40. The number of para-hydroxylation sites is 2. The number of hydrogen-bond donors (Lipinski definition) is 0. The van der Waals surface area contributed by atoms with Crippen LogP contribution in [0, 0.1) is 0 Å². The van der Waals surface area contributed by atoms with Gasteiger partial charge in [-0.2, -0.15) is 0 Å². The molecule has 10 aromatic rings. The smallest absolute Gasteiger partial charge is 0.153 e. The molecule has 0 bridgehead atoms. The zero-order valence-corrected chi connectivity index (χ0v) is 30.1. The Morgan fingerprint density at radius 1 is 0.377 bits per heavy atom. The molecular formula is C48H30N2OS2. The number of fused-ring (bicyclic) bond motifs is 8. The molecule has 11 rings (SSSR count). The molecule has 0 N–H and O–H groups in total. The van der Waals surface area contributed by atoms with E-state index in [0.29, 0.717) is 0 Å². The highest BCUT2D eigenvalue weighted by Gasteiger charge is 2.28. The molecule has 0 unspecified atom stereocenters. The summed E-state index contributed by atoms with van der Waals surface area (Å²) in [5, 5.41) is 5.17. The molecule has 2 aromatic heterocycles. The van der Waals surface area contributed by atoms with E-state index in [2.05, 4.69) is 186 Å². The molecule has 0 atom stereocenters. The van der Waals surface area contributed by atoms with Gasteiger partial charge in [0.15, 0.2) is 11.5 Å². The summed E-state index contributed by atoms with van der Waals surface area (Å²) >= 11 is 3.68. The van der Waals surface area contributed by atoms with Crippen LogP contribution >= 0.6 is 22.7 Å². The van der Waals surface area contributed by atoms with Gasteiger partial charge in [-0.1, -0.05) is 103 Å². The number of nitrogens with zero attached hydrogens (tertiary/aromatic N) is 2. The predicted octanol–water partition coefficient (Wildman–Crippen LogP) is 15.1. The van der Waals surface area contributed by atoms with Crippen LogP contribution in [0.25, 0.3) is 51.5 Å². The molecule has 0 spiro atoms. The third kappa shape index (κ3) is 5.01. The van der Waals surface area contributed by atoms with Crippen LogP contribution in [0.3, 0.4) is 0 Å². The second-order valence-corrected chi connectivity index (χ2v) is 15.5. The van der Waals surface area contributed by atoms with Gasteiger partial charge in [0.05, 0.1) is 11.4 Å². The van der Waals surface area contributed by atoms with Gasteiger partial charge in [-0.25, -0.2) is 0 Å². The average molecular weight is 715 g/mol. The van der Waals surface area contributed by atoms with Crippen molar-refractivity contribution in [2.24, 2.45) is 0 Å². The molecule has 1 aliphatic rings. The quantitative estimate of drug-likeness (QED) is 0.177. The van der Waals surface area contributed by atoms with Crippen molar-refractivity contribution in [3.05, 3.63) is 182 Å². The van der Waals surface area contributed by atoms with E-state index in [-0.39, 0.29) is 0 Å². The fourth-order valence-electron chi connectivity index (χ4n) is 7.75. The summed E-state index contributed by atoms with van der Waals surface area (Å²) in [5.41, 5.74) is 8.73. The lowest BCUT2D eigenvalue weighted by molar-refractivity contribution is 0.477. The lowest BCUT2D eigenvalue weighted by Crippen LogP contribution is -2.16. The Morgan fingerprint density at radius 3 is 1.70 bits per heavy atom. The highest BCUT2D eigenvalue weighted by Crippen LogP contribution is 2.53. The molecule has 3 heterocycles. The monoisotopic (exact) mass is 714 g/mol. The molecule has 5 heteroatoms. The van der Waals surface area contributed by atoms with Crippen LogP contribution in [0.15, 0.2) is 182 Å². The molecule has 0 amide bonds. The Bertz CT molecular complexity index is 3000. The maximum atomic E-state index is 6.75. The largest absolute Gasteiger partial charge is 0.453 e. The molecule has 250 valence electrons. The van der Waals surface area contributed by atoms with E-state index in [4.69, 9.17) is 4.74 Å². The SMILES string of the molecule is c1ccc(-c2ccc(N(c3ccc4c(c3)Oc3ccccc3N4c3ccc4c(c3)sc3ccccc34)c3ccc4c(c3)sc3ccccc34)cc2)cc1. The van der Waals surface area contributed by atoms with Gasteiger partial charge < -0.3 is 14.5 Å². The van der Waals surface area contributed by atoms with Crippen molar-refractivity contribution in [1.29, 1.82) is 0 Å². The number of thiophene rings is 2. The highest BCUT2D eigenvalue weighted by atomic mass is 32.1. The molecule has 0 saturated heterocycles. The first kappa shape index (κ1) is 30.2. The summed E-state index contributed by atoms with van der Waals surface area (Å²) in [4.78, 5) is 4.68. The van der Waals surface area contributed by atoms with E-state index in [1.165, 1.54) is 51.5 Å². The van der Waals surface area contributed by atoms with Crippen molar-refractivity contribution in [3.8, 4) is 22.6 Å². The van der Waals surface area contributed by atoms with Gasteiger partial charge in [0.25, 0.3) is 0 Å². The summed E-state index contributed by atoms with van der Waals surface area (Å²) in [6, 6.07) is 65.4. The third-order valence-corrected chi connectivity index (χ3v) is 12.5. The lowest BCUT2D eigenvalue weighted by Gasteiger charge is -2.34. The van der Waals surface area contributed by atoms with Gasteiger partial charge in [0, 0.05) is 69.2 Å². The van der Waals surface area contributed by atoms with Crippen molar-refractivity contribution in [2.45, 2.75) is 0 Å². The predicted molar refractivity (Wildman–Crippen MR) is 227 cm³/mol. The minimum Gasteiger partial charge on any atom is -0.453 e. The number of rotatable bonds is 5. The molecule has 0 radical (unpaired) electrons. The van der Waals surface area contributed by atoms with Gasteiger partial charge in [0.1, 0.15) is 0 Å². The summed E-state index contributed by atoms with van der Waals surface area (Å²) in [6.07, 6.45) is 0. The van der Waals surface area contributed by atoms with Crippen molar-refractivity contribution < 1.29 is 4.74 Å². The van der Waals surface area contributed by atoms with Crippen LogP contribution < -0.4 is 14.5 Å². The molecule has 0 aliphatic carbocycles. The Morgan fingerprint density at radius 2 is 0.925 bits per heavy atom.